The third-order valence-corrected chi connectivity index (χ3v) is 4.86. The van der Waals surface area contributed by atoms with E-state index >= 15 is 0 Å². The second kappa shape index (κ2) is 6.63. The van der Waals surface area contributed by atoms with Crippen LogP contribution >= 0.6 is 0 Å². The number of piperidine rings is 1. The summed E-state index contributed by atoms with van der Waals surface area (Å²) in [5, 5.41) is 4.16. The summed E-state index contributed by atoms with van der Waals surface area (Å²) in [6.07, 6.45) is 5.81. The van der Waals surface area contributed by atoms with E-state index in [9.17, 15) is 0 Å². The van der Waals surface area contributed by atoms with Crippen LogP contribution < -0.4 is 4.90 Å². The normalized spacial score (nSPS) is 17.7. The Kier molecular flexibility index (Phi) is 4.17. The number of anilines is 1. The third kappa shape index (κ3) is 3.12. The van der Waals surface area contributed by atoms with Gasteiger partial charge in [0.15, 0.2) is 5.82 Å². The molecule has 0 amide bonds. The Balaban J connectivity index is 1.62. The van der Waals surface area contributed by atoms with E-state index in [-0.39, 0.29) is 0 Å². The van der Waals surface area contributed by atoms with Gasteiger partial charge >= 0.3 is 0 Å². The van der Waals surface area contributed by atoms with Crippen LogP contribution in [0.15, 0.2) is 42.9 Å². The van der Waals surface area contributed by atoms with Gasteiger partial charge in [-0.3, -0.25) is 0 Å². The van der Waals surface area contributed by atoms with E-state index in [4.69, 9.17) is 4.98 Å². The molecular weight excluding hydrogens is 312 g/mol. The smallest absolute Gasteiger partial charge is 0.226 e. The number of hydrogen-bond donors (Lipinski definition) is 0. The van der Waals surface area contributed by atoms with Gasteiger partial charge in [-0.1, -0.05) is 30.3 Å². The summed E-state index contributed by atoms with van der Waals surface area (Å²) >= 11 is 0. The highest BCUT2D eigenvalue weighted by Crippen LogP contribution is 2.29. The Morgan fingerprint density at radius 3 is 2.72 bits per heavy atom. The van der Waals surface area contributed by atoms with Crippen molar-refractivity contribution in [2.45, 2.75) is 25.7 Å². The van der Waals surface area contributed by atoms with Crippen LogP contribution in [0.5, 0.6) is 0 Å². The Labute approximate surface area is 147 Å². The summed E-state index contributed by atoms with van der Waals surface area (Å²) in [5.41, 5.74) is 3.26. The standard InChI is InChI=1S/C19H22N6/c1-14-11-20-19(23-17(14)18-21-13-22-24(18)2)25-10-6-9-16(12-25)15-7-4-3-5-8-15/h3-5,7-8,11,13,16H,6,9-10,12H2,1-2H3/t16-/m1/s1. The van der Waals surface area contributed by atoms with Gasteiger partial charge < -0.3 is 4.90 Å². The van der Waals surface area contributed by atoms with Gasteiger partial charge in [0.1, 0.15) is 12.0 Å². The maximum atomic E-state index is 4.82. The molecule has 0 bridgehead atoms. The fourth-order valence-corrected chi connectivity index (χ4v) is 3.48. The van der Waals surface area contributed by atoms with Gasteiger partial charge in [-0.15, -0.1) is 0 Å². The molecule has 2 aromatic heterocycles. The van der Waals surface area contributed by atoms with E-state index in [0.29, 0.717) is 5.92 Å². The molecule has 1 aromatic carbocycles. The lowest BCUT2D eigenvalue weighted by Crippen LogP contribution is -2.35. The van der Waals surface area contributed by atoms with Crippen molar-refractivity contribution in [2.24, 2.45) is 7.05 Å². The molecule has 0 spiro atoms. The molecule has 1 aliphatic rings. The van der Waals surface area contributed by atoms with Crippen LogP contribution in [0.4, 0.5) is 5.95 Å². The third-order valence-electron chi connectivity index (χ3n) is 4.86. The van der Waals surface area contributed by atoms with E-state index in [1.807, 2.05) is 20.2 Å². The summed E-state index contributed by atoms with van der Waals surface area (Å²) < 4.78 is 1.75. The maximum absolute atomic E-state index is 4.82. The minimum Gasteiger partial charge on any atom is -0.340 e. The lowest BCUT2D eigenvalue weighted by atomic mass is 9.91. The number of benzene rings is 1. The van der Waals surface area contributed by atoms with Gasteiger partial charge in [0.05, 0.1) is 0 Å². The van der Waals surface area contributed by atoms with Crippen LogP contribution in [-0.2, 0) is 7.05 Å². The zero-order chi connectivity index (χ0) is 17.2. The zero-order valence-electron chi connectivity index (χ0n) is 14.6. The summed E-state index contributed by atoms with van der Waals surface area (Å²) in [7, 11) is 1.88. The van der Waals surface area contributed by atoms with Crippen molar-refractivity contribution in [1.29, 1.82) is 0 Å². The van der Waals surface area contributed by atoms with E-state index in [2.05, 4.69) is 50.3 Å². The predicted octanol–water partition coefficient (Wildman–Crippen LogP) is 2.96. The minimum atomic E-state index is 0.526. The highest BCUT2D eigenvalue weighted by molar-refractivity contribution is 5.56. The van der Waals surface area contributed by atoms with Crippen LogP contribution in [0.2, 0.25) is 0 Å². The van der Waals surface area contributed by atoms with Crippen molar-refractivity contribution in [1.82, 2.24) is 24.7 Å². The van der Waals surface area contributed by atoms with Crippen molar-refractivity contribution in [2.75, 3.05) is 18.0 Å². The van der Waals surface area contributed by atoms with Crippen LogP contribution in [0.3, 0.4) is 0 Å². The molecule has 6 nitrogen and oxygen atoms in total. The first kappa shape index (κ1) is 15.7. The predicted molar refractivity (Wildman–Crippen MR) is 97.4 cm³/mol. The monoisotopic (exact) mass is 334 g/mol. The number of rotatable bonds is 3. The summed E-state index contributed by atoms with van der Waals surface area (Å²) in [6.45, 7) is 3.95. The highest BCUT2D eigenvalue weighted by atomic mass is 15.3. The molecule has 0 aliphatic carbocycles. The lowest BCUT2D eigenvalue weighted by Gasteiger charge is -2.33. The summed E-state index contributed by atoms with van der Waals surface area (Å²) in [5.74, 6) is 2.08. The average molecular weight is 334 g/mol. The molecule has 0 saturated carbocycles. The van der Waals surface area contributed by atoms with Gasteiger partial charge in [-0.05, 0) is 30.9 Å². The molecule has 3 heterocycles. The molecule has 128 valence electrons. The summed E-state index contributed by atoms with van der Waals surface area (Å²) in [4.78, 5) is 16.0. The van der Waals surface area contributed by atoms with Gasteiger partial charge in [0.25, 0.3) is 0 Å². The Morgan fingerprint density at radius 2 is 1.96 bits per heavy atom. The van der Waals surface area contributed by atoms with Crippen molar-refractivity contribution in [3.8, 4) is 11.5 Å². The number of aromatic nitrogens is 5. The van der Waals surface area contributed by atoms with E-state index in [1.54, 1.807) is 11.0 Å². The number of aryl methyl sites for hydroxylation is 2. The molecular formula is C19H22N6. The molecule has 4 rings (SSSR count). The van der Waals surface area contributed by atoms with Crippen LogP contribution in [0, 0.1) is 6.92 Å². The topological polar surface area (TPSA) is 59.7 Å². The molecule has 1 saturated heterocycles. The van der Waals surface area contributed by atoms with Crippen molar-refractivity contribution < 1.29 is 0 Å². The molecule has 0 radical (unpaired) electrons. The fourth-order valence-electron chi connectivity index (χ4n) is 3.48. The molecule has 1 fully saturated rings. The van der Waals surface area contributed by atoms with Crippen LogP contribution in [0.1, 0.15) is 29.9 Å². The van der Waals surface area contributed by atoms with Crippen molar-refractivity contribution >= 4 is 5.95 Å². The van der Waals surface area contributed by atoms with Gasteiger partial charge in [0, 0.05) is 32.3 Å². The molecule has 0 unspecified atom stereocenters. The first-order valence-electron chi connectivity index (χ1n) is 8.70. The first-order chi connectivity index (χ1) is 12.2. The fraction of sp³-hybridized carbons (Fsp3) is 0.368. The van der Waals surface area contributed by atoms with Crippen LogP contribution in [0.25, 0.3) is 11.5 Å². The van der Waals surface area contributed by atoms with Crippen molar-refractivity contribution in [3.05, 3.63) is 54.0 Å². The van der Waals surface area contributed by atoms with Gasteiger partial charge in [-0.25, -0.2) is 19.6 Å². The maximum Gasteiger partial charge on any atom is 0.226 e. The molecule has 25 heavy (non-hydrogen) atoms. The largest absolute Gasteiger partial charge is 0.340 e. The van der Waals surface area contributed by atoms with E-state index in [1.165, 1.54) is 12.0 Å². The molecule has 1 atom stereocenters. The van der Waals surface area contributed by atoms with Crippen molar-refractivity contribution in [3.63, 3.8) is 0 Å². The quantitative estimate of drug-likeness (QED) is 0.737. The second-order valence-electron chi connectivity index (χ2n) is 6.60. The zero-order valence-corrected chi connectivity index (χ0v) is 14.6. The van der Waals surface area contributed by atoms with E-state index in [0.717, 1.165) is 42.5 Å². The van der Waals surface area contributed by atoms with Gasteiger partial charge in [0.2, 0.25) is 5.95 Å². The van der Waals surface area contributed by atoms with Crippen LogP contribution in [-0.4, -0.2) is 37.8 Å². The van der Waals surface area contributed by atoms with E-state index < -0.39 is 0 Å². The molecule has 3 aromatic rings. The second-order valence-corrected chi connectivity index (χ2v) is 6.60. The van der Waals surface area contributed by atoms with Gasteiger partial charge in [-0.2, -0.15) is 5.10 Å². The highest BCUT2D eigenvalue weighted by Gasteiger charge is 2.24. The summed E-state index contributed by atoms with van der Waals surface area (Å²) in [6, 6.07) is 10.7. The Hall–Kier alpha value is -2.76. The Bertz CT molecular complexity index is 857. The number of nitrogens with zero attached hydrogens (tertiary/aromatic N) is 6. The molecule has 1 aliphatic heterocycles. The molecule has 0 N–H and O–H groups in total. The lowest BCUT2D eigenvalue weighted by molar-refractivity contribution is 0.503. The molecule has 6 heteroatoms. The minimum absolute atomic E-state index is 0.526. The Morgan fingerprint density at radius 1 is 1.12 bits per heavy atom. The number of hydrogen-bond acceptors (Lipinski definition) is 5. The average Bonchev–Trinajstić information content (AvgIpc) is 3.09. The SMILES string of the molecule is Cc1cnc(N2CCC[C@@H](c3ccccc3)C2)nc1-c1ncnn1C. The first-order valence-corrected chi connectivity index (χ1v) is 8.70.